The minimum atomic E-state index is 0.00620. The molecule has 1 aromatic rings. The zero-order valence-corrected chi connectivity index (χ0v) is 10.6. The normalized spacial score (nSPS) is 21.5. The quantitative estimate of drug-likeness (QED) is 0.852. The van der Waals surface area contributed by atoms with E-state index in [1.807, 2.05) is 18.2 Å². The number of nitrogens with zero attached hydrogens (tertiary/aromatic N) is 3. The number of hydrogen-bond acceptors (Lipinski definition) is 4. The van der Waals surface area contributed by atoms with Crippen molar-refractivity contribution in [3.8, 4) is 0 Å². The first-order valence-electron chi connectivity index (χ1n) is 6.19. The van der Waals surface area contributed by atoms with Crippen LogP contribution in [0.4, 0.5) is 5.82 Å². The van der Waals surface area contributed by atoms with Crippen molar-refractivity contribution in [2.24, 2.45) is 0 Å². The van der Waals surface area contributed by atoms with Crippen molar-refractivity contribution in [2.45, 2.75) is 25.5 Å². The van der Waals surface area contributed by atoms with E-state index in [0.29, 0.717) is 6.04 Å². The smallest absolute Gasteiger partial charge is 0.128 e. The Morgan fingerprint density at radius 2 is 2.35 bits per heavy atom. The summed E-state index contributed by atoms with van der Waals surface area (Å²) in [5.74, 6) is 0.955. The average Bonchev–Trinajstić information content (AvgIpc) is 2.38. The van der Waals surface area contributed by atoms with Gasteiger partial charge in [0.1, 0.15) is 5.82 Å². The fraction of sp³-hybridized carbons (Fsp3) is 0.615. The number of aliphatic hydroxyl groups is 1. The summed E-state index contributed by atoms with van der Waals surface area (Å²) in [5, 5.41) is 9.11. The minimum Gasteiger partial charge on any atom is -0.390 e. The molecular formula is C13H21N3O. The van der Waals surface area contributed by atoms with Crippen LogP contribution in [0, 0.1) is 0 Å². The van der Waals surface area contributed by atoms with E-state index in [2.05, 4.69) is 28.9 Å². The maximum absolute atomic E-state index is 9.11. The molecule has 0 saturated carbocycles. The molecule has 94 valence electrons. The number of pyridine rings is 1. The summed E-state index contributed by atoms with van der Waals surface area (Å²) in [4.78, 5) is 9.04. The lowest BCUT2D eigenvalue weighted by atomic mass is 10.1. The Bertz CT molecular complexity index is 369. The van der Waals surface area contributed by atoms with Gasteiger partial charge in [-0.2, -0.15) is 0 Å². The number of rotatable bonds is 3. The highest BCUT2D eigenvalue weighted by molar-refractivity contribution is 5.39. The van der Waals surface area contributed by atoms with Crippen LogP contribution in [0.15, 0.2) is 18.2 Å². The van der Waals surface area contributed by atoms with Gasteiger partial charge in [-0.05, 0) is 38.6 Å². The molecule has 0 aromatic carbocycles. The molecule has 1 aliphatic rings. The van der Waals surface area contributed by atoms with Crippen LogP contribution < -0.4 is 4.90 Å². The number of aromatic nitrogens is 1. The second-order valence-electron chi connectivity index (χ2n) is 4.81. The Kier molecular flexibility index (Phi) is 3.97. The van der Waals surface area contributed by atoms with Crippen molar-refractivity contribution in [2.75, 3.05) is 32.1 Å². The molecule has 1 aromatic heterocycles. The van der Waals surface area contributed by atoms with Crippen molar-refractivity contribution in [3.63, 3.8) is 0 Å². The Hall–Kier alpha value is -1.13. The van der Waals surface area contributed by atoms with E-state index in [1.54, 1.807) is 0 Å². The highest BCUT2D eigenvalue weighted by atomic mass is 16.3. The zero-order chi connectivity index (χ0) is 12.3. The van der Waals surface area contributed by atoms with E-state index in [0.717, 1.165) is 18.1 Å². The predicted octanol–water partition coefficient (Wildman–Crippen LogP) is 1.10. The molecule has 0 aliphatic carbocycles. The van der Waals surface area contributed by atoms with Gasteiger partial charge in [0.25, 0.3) is 0 Å². The molecule has 0 amide bonds. The molecule has 0 radical (unpaired) electrons. The van der Waals surface area contributed by atoms with Gasteiger partial charge in [-0.1, -0.05) is 6.07 Å². The number of piperidine rings is 1. The van der Waals surface area contributed by atoms with Crippen LogP contribution in [0.5, 0.6) is 0 Å². The molecule has 0 spiro atoms. The standard InChI is InChI=1S/C13H21N3O/c1-15-8-4-6-12(9-15)16(2)13-7-3-5-11(10-17)14-13/h3,5,7,12,17H,4,6,8-10H2,1-2H3. The van der Waals surface area contributed by atoms with Crippen LogP contribution in [-0.2, 0) is 6.61 Å². The maximum Gasteiger partial charge on any atom is 0.128 e. The molecule has 1 fully saturated rings. The molecule has 2 heterocycles. The van der Waals surface area contributed by atoms with Crippen LogP contribution >= 0.6 is 0 Å². The van der Waals surface area contributed by atoms with Crippen molar-refractivity contribution < 1.29 is 5.11 Å². The van der Waals surface area contributed by atoms with Gasteiger partial charge in [0, 0.05) is 19.6 Å². The number of likely N-dealkylation sites (tertiary alicyclic amines) is 1. The first-order chi connectivity index (χ1) is 8.20. The monoisotopic (exact) mass is 235 g/mol. The van der Waals surface area contributed by atoms with Crippen LogP contribution in [-0.4, -0.2) is 48.2 Å². The Balaban J connectivity index is 2.09. The van der Waals surface area contributed by atoms with Gasteiger partial charge < -0.3 is 14.9 Å². The number of likely N-dealkylation sites (N-methyl/N-ethyl adjacent to an activating group) is 2. The van der Waals surface area contributed by atoms with Gasteiger partial charge in [-0.3, -0.25) is 0 Å². The molecule has 1 saturated heterocycles. The summed E-state index contributed by atoms with van der Waals surface area (Å²) < 4.78 is 0. The second kappa shape index (κ2) is 5.47. The van der Waals surface area contributed by atoms with Gasteiger partial charge in [0.15, 0.2) is 0 Å². The fourth-order valence-electron chi connectivity index (χ4n) is 2.39. The van der Waals surface area contributed by atoms with Crippen molar-refractivity contribution >= 4 is 5.82 Å². The largest absolute Gasteiger partial charge is 0.390 e. The van der Waals surface area contributed by atoms with Crippen molar-refractivity contribution in [3.05, 3.63) is 23.9 Å². The van der Waals surface area contributed by atoms with E-state index in [1.165, 1.54) is 19.4 Å². The van der Waals surface area contributed by atoms with Gasteiger partial charge in [0.2, 0.25) is 0 Å². The van der Waals surface area contributed by atoms with Crippen molar-refractivity contribution in [1.82, 2.24) is 9.88 Å². The summed E-state index contributed by atoms with van der Waals surface area (Å²) in [6.07, 6.45) is 2.46. The highest BCUT2D eigenvalue weighted by Gasteiger charge is 2.21. The number of aliphatic hydroxyl groups excluding tert-OH is 1. The van der Waals surface area contributed by atoms with Crippen LogP contribution in [0.2, 0.25) is 0 Å². The molecule has 0 bridgehead atoms. The van der Waals surface area contributed by atoms with Crippen LogP contribution in [0.1, 0.15) is 18.5 Å². The molecular weight excluding hydrogens is 214 g/mol. The van der Waals surface area contributed by atoms with E-state index >= 15 is 0 Å². The Morgan fingerprint density at radius 1 is 1.53 bits per heavy atom. The van der Waals surface area contributed by atoms with Gasteiger partial charge in [-0.15, -0.1) is 0 Å². The number of anilines is 1. The molecule has 1 atom stereocenters. The third kappa shape index (κ3) is 2.96. The zero-order valence-electron chi connectivity index (χ0n) is 10.6. The topological polar surface area (TPSA) is 39.6 Å². The lowest BCUT2D eigenvalue weighted by Gasteiger charge is -2.36. The summed E-state index contributed by atoms with van der Waals surface area (Å²) in [7, 11) is 4.25. The highest BCUT2D eigenvalue weighted by Crippen LogP contribution is 2.19. The van der Waals surface area contributed by atoms with E-state index in [-0.39, 0.29) is 6.61 Å². The van der Waals surface area contributed by atoms with E-state index < -0.39 is 0 Å². The first kappa shape index (κ1) is 12.3. The molecule has 1 unspecified atom stereocenters. The van der Waals surface area contributed by atoms with Gasteiger partial charge in [-0.25, -0.2) is 4.98 Å². The number of hydrogen-bond donors (Lipinski definition) is 1. The lowest BCUT2D eigenvalue weighted by Crippen LogP contribution is -2.45. The molecule has 1 aliphatic heterocycles. The second-order valence-corrected chi connectivity index (χ2v) is 4.81. The summed E-state index contributed by atoms with van der Waals surface area (Å²) in [6, 6.07) is 6.34. The summed E-state index contributed by atoms with van der Waals surface area (Å²) >= 11 is 0. The predicted molar refractivity (Wildman–Crippen MR) is 69.1 cm³/mol. The molecule has 4 nitrogen and oxygen atoms in total. The summed E-state index contributed by atoms with van der Waals surface area (Å²) in [6.45, 7) is 2.28. The van der Waals surface area contributed by atoms with Crippen molar-refractivity contribution in [1.29, 1.82) is 0 Å². The third-order valence-corrected chi connectivity index (χ3v) is 3.46. The Labute approximate surface area is 103 Å². The molecule has 1 N–H and O–H groups in total. The average molecular weight is 235 g/mol. The first-order valence-corrected chi connectivity index (χ1v) is 6.19. The fourth-order valence-corrected chi connectivity index (χ4v) is 2.39. The Morgan fingerprint density at radius 3 is 3.06 bits per heavy atom. The van der Waals surface area contributed by atoms with Gasteiger partial charge >= 0.3 is 0 Å². The maximum atomic E-state index is 9.11. The van der Waals surface area contributed by atoms with Crippen LogP contribution in [0.25, 0.3) is 0 Å². The lowest BCUT2D eigenvalue weighted by molar-refractivity contribution is 0.247. The summed E-state index contributed by atoms with van der Waals surface area (Å²) in [5.41, 5.74) is 0.735. The molecule has 2 rings (SSSR count). The van der Waals surface area contributed by atoms with Crippen LogP contribution in [0.3, 0.4) is 0 Å². The minimum absolute atomic E-state index is 0.00620. The van der Waals surface area contributed by atoms with E-state index in [4.69, 9.17) is 5.11 Å². The molecule has 17 heavy (non-hydrogen) atoms. The van der Waals surface area contributed by atoms with Gasteiger partial charge in [0.05, 0.1) is 12.3 Å². The SMILES string of the molecule is CN1CCCC(N(C)c2cccc(CO)n2)C1. The molecule has 4 heteroatoms. The third-order valence-electron chi connectivity index (χ3n) is 3.46. The van der Waals surface area contributed by atoms with E-state index in [9.17, 15) is 0 Å².